The largest absolute Gasteiger partial charge is 0.394 e. The number of aliphatic hydroxyl groups excluding tert-OH is 1. The molecule has 1 aromatic rings. The van der Waals surface area contributed by atoms with Gasteiger partial charge >= 0.3 is 0 Å². The van der Waals surface area contributed by atoms with Crippen LogP contribution in [-0.4, -0.2) is 23.2 Å². The van der Waals surface area contributed by atoms with Gasteiger partial charge < -0.3 is 10.4 Å². The van der Waals surface area contributed by atoms with Crippen molar-refractivity contribution in [2.45, 2.75) is 52.5 Å². The van der Waals surface area contributed by atoms with E-state index in [9.17, 15) is 9.90 Å². The van der Waals surface area contributed by atoms with Crippen molar-refractivity contribution in [1.82, 2.24) is 5.32 Å². The molecule has 1 rings (SSSR count). The fraction of sp³-hybridized carbons (Fsp3) is 0.643. The summed E-state index contributed by atoms with van der Waals surface area (Å²) in [6, 6.07) is 1.96. The van der Waals surface area contributed by atoms with E-state index >= 15 is 0 Å². The molecule has 0 aromatic carbocycles. The van der Waals surface area contributed by atoms with Crippen molar-refractivity contribution in [3.8, 4) is 0 Å². The molecule has 0 bridgehead atoms. The van der Waals surface area contributed by atoms with Crippen molar-refractivity contribution in [3.63, 3.8) is 0 Å². The number of carbonyl (C=O) groups excluding carboxylic acids is 1. The number of nitrogens with one attached hydrogen (secondary N) is 1. The zero-order chi connectivity index (χ0) is 13.8. The van der Waals surface area contributed by atoms with Gasteiger partial charge in [0.05, 0.1) is 17.0 Å². The first-order valence-corrected chi connectivity index (χ1v) is 7.36. The van der Waals surface area contributed by atoms with Gasteiger partial charge in [0.2, 0.25) is 0 Å². The summed E-state index contributed by atoms with van der Waals surface area (Å²) in [5.41, 5.74) is 0.745. The Labute approximate surface area is 113 Å². The molecule has 0 fully saturated rings. The van der Waals surface area contributed by atoms with E-state index in [-0.39, 0.29) is 12.5 Å². The fourth-order valence-electron chi connectivity index (χ4n) is 1.98. The number of thiophene rings is 1. The first-order chi connectivity index (χ1) is 8.51. The van der Waals surface area contributed by atoms with Crippen LogP contribution in [0.15, 0.2) is 6.07 Å². The van der Waals surface area contributed by atoms with Crippen molar-refractivity contribution in [2.75, 3.05) is 6.61 Å². The molecule has 1 amide bonds. The molecule has 2 N–H and O–H groups in total. The SMILES string of the molecule is CCc1cc(C(=O)NC(CC)(CC)CO)sc1C. The molecule has 4 heteroatoms. The molecule has 0 spiro atoms. The molecular formula is C14H23NO2S. The number of aliphatic hydroxyl groups is 1. The number of hydrogen-bond acceptors (Lipinski definition) is 3. The Morgan fingerprint density at radius 3 is 2.39 bits per heavy atom. The average Bonchev–Trinajstić information content (AvgIpc) is 2.77. The minimum Gasteiger partial charge on any atom is -0.394 e. The van der Waals surface area contributed by atoms with Crippen molar-refractivity contribution in [3.05, 3.63) is 21.4 Å². The van der Waals surface area contributed by atoms with Gasteiger partial charge in [0.25, 0.3) is 5.91 Å². The van der Waals surface area contributed by atoms with Gasteiger partial charge in [-0.05, 0) is 37.8 Å². The summed E-state index contributed by atoms with van der Waals surface area (Å²) in [4.78, 5) is 14.1. The maximum Gasteiger partial charge on any atom is 0.261 e. The molecule has 1 aromatic heterocycles. The highest BCUT2D eigenvalue weighted by Crippen LogP contribution is 2.23. The summed E-state index contributed by atoms with van der Waals surface area (Å²) in [6.45, 7) is 8.08. The minimum atomic E-state index is -0.485. The molecule has 0 radical (unpaired) electrons. The van der Waals surface area contributed by atoms with Gasteiger partial charge in [0.15, 0.2) is 0 Å². The summed E-state index contributed by atoms with van der Waals surface area (Å²) < 4.78 is 0. The number of aryl methyl sites for hydroxylation is 2. The summed E-state index contributed by atoms with van der Waals surface area (Å²) in [7, 11) is 0. The number of rotatable bonds is 6. The zero-order valence-corrected chi connectivity index (χ0v) is 12.5. The average molecular weight is 269 g/mol. The van der Waals surface area contributed by atoms with Crippen LogP contribution < -0.4 is 5.32 Å². The monoisotopic (exact) mass is 269 g/mol. The van der Waals surface area contributed by atoms with E-state index in [0.717, 1.165) is 24.1 Å². The van der Waals surface area contributed by atoms with Crippen LogP contribution in [0.1, 0.15) is 53.7 Å². The zero-order valence-electron chi connectivity index (χ0n) is 11.7. The predicted molar refractivity (Wildman–Crippen MR) is 76.3 cm³/mol. The van der Waals surface area contributed by atoms with Gasteiger partial charge in [-0.25, -0.2) is 0 Å². The van der Waals surface area contributed by atoms with Crippen LogP contribution in [0, 0.1) is 6.92 Å². The second-order valence-corrected chi connectivity index (χ2v) is 5.90. The highest BCUT2D eigenvalue weighted by atomic mass is 32.1. The molecule has 1 heterocycles. The Bertz CT molecular complexity index is 400. The lowest BCUT2D eigenvalue weighted by molar-refractivity contribution is 0.0822. The van der Waals surface area contributed by atoms with Crippen LogP contribution in [0.3, 0.4) is 0 Å². The maximum atomic E-state index is 12.2. The van der Waals surface area contributed by atoms with Crippen molar-refractivity contribution in [1.29, 1.82) is 0 Å². The lowest BCUT2D eigenvalue weighted by Gasteiger charge is -2.30. The smallest absolute Gasteiger partial charge is 0.261 e. The summed E-state index contributed by atoms with van der Waals surface area (Å²) >= 11 is 1.53. The van der Waals surface area contributed by atoms with E-state index in [4.69, 9.17) is 0 Å². The third-order valence-electron chi connectivity index (χ3n) is 3.66. The molecular weight excluding hydrogens is 246 g/mol. The molecule has 3 nitrogen and oxygen atoms in total. The Balaban J connectivity index is 2.87. The second kappa shape index (κ2) is 6.34. The van der Waals surface area contributed by atoms with Crippen LogP contribution >= 0.6 is 11.3 Å². The summed E-state index contributed by atoms with van der Waals surface area (Å²) in [5.74, 6) is -0.0689. The summed E-state index contributed by atoms with van der Waals surface area (Å²) in [6.07, 6.45) is 2.41. The lowest BCUT2D eigenvalue weighted by atomic mass is 9.94. The first-order valence-electron chi connectivity index (χ1n) is 6.54. The third kappa shape index (κ3) is 3.12. The quantitative estimate of drug-likeness (QED) is 0.834. The molecule has 0 saturated heterocycles. The fourth-order valence-corrected chi connectivity index (χ4v) is 2.98. The molecule has 0 aliphatic heterocycles. The normalized spacial score (nSPS) is 11.6. The van der Waals surface area contributed by atoms with E-state index in [0.29, 0.717) is 0 Å². The van der Waals surface area contributed by atoms with Crippen molar-refractivity contribution >= 4 is 17.2 Å². The van der Waals surface area contributed by atoms with Gasteiger partial charge in [-0.1, -0.05) is 20.8 Å². The number of carbonyl (C=O) groups is 1. The second-order valence-electron chi connectivity index (χ2n) is 4.65. The van der Waals surface area contributed by atoms with Gasteiger partial charge in [-0.15, -0.1) is 11.3 Å². The Morgan fingerprint density at radius 2 is 2.00 bits per heavy atom. The standard InChI is InChI=1S/C14H23NO2S/c1-5-11-8-12(18-10(11)4)13(17)15-14(6-2,7-3)9-16/h8,16H,5-7,9H2,1-4H3,(H,15,17). The van der Waals surface area contributed by atoms with E-state index < -0.39 is 5.54 Å². The number of amides is 1. The summed E-state index contributed by atoms with van der Waals surface area (Å²) in [5, 5.41) is 12.4. The van der Waals surface area contributed by atoms with E-state index in [1.807, 2.05) is 26.8 Å². The van der Waals surface area contributed by atoms with Crippen molar-refractivity contribution in [2.24, 2.45) is 0 Å². The van der Waals surface area contributed by atoms with Gasteiger partial charge in [0.1, 0.15) is 0 Å². The molecule has 0 atom stereocenters. The molecule has 18 heavy (non-hydrogen) atoms. The highest BCUT2D eigenvalue weighted by molar-refractivity contribution is 7.14. The Hall–Kier alpha value is -0.870. The van der Waals surface area contributed by atoms with Crippen LogP contribution in [-0.2, 0) is 6.42 Å². The van der Waals surface area contributed by atoms with Crippen molar-refractivity contribution < 1.29 is 9.90 Å². The van der Waals surface area contributed by atoms with Crippen LogP contribution in [0.2, 0.25) is 0 Å². The van der Waals surface area contributed by atoms with Gasteiger partial charge in [-0.3, -0.25) is 4.79 Å². The minimum absolute atomic E-state index is 0.0171. The first kappa shape index (κ1) is 15.2. The molecule has 0 saturated carbocycles. The molecule has 0 aliphatic rings. The maximum absolute atomic E-state index is 12.2. The lowest BCUT2D eigenvalue weighted by Crippen LogP contribution is -2.50. The molecule has 0 aliphatic carbocycles. The number of hydrogen-bond donors (Lipinski definition) is 2. The van der Waals surface area contributed by atoms with E-state index in [1.54, 1.807) is 0 Å². The predicted octanol–water partition coefficient (Wildman–Crippen LogP) is 2.90. The van der Waals surface area contributed by atoms with Gasteiger partial charge in [0, 0.05) is 4.88 Å². The topological polar surface area (TPSA) is 49.3 Å². The van der Waals surface area contributed by atoms with E-state index in [1.165, 1.54) is 21.8 Å². The van der Waals surface area contributed by atoms with E-state index in [2.05, 4.69) is 12.2 Å². The molecule has 102 valence electrons. The van der Waals surface area contributed by atoms with Crippen LogP contribution in [0.25, 0.3) is 0 Å². The Morgan fingerprint density at radius 1 is 1.39 bits per heavy atom. The van der Waals surface area contributed by atoms with Crippen LogP contribution in [0.4, 0.5) is 0 Å². The Kier molecular flexibility index (Phi) is 5.35. The highest BCUT2D eigenvalue weighted by Gasteiger charge is 2.28. The molecule has 0 unspecified atom stereocenters. The van der Waals surface area contributed by atoms with Gasteiger partial charge in [-0.2, -0.15) is 0 Å². The third-order valence-corrected chi connectivity index (χ3v) is 4.75. The van der Waals surface area contributed by atoms with Crippen LogP contribution in [0.5, 0.6) is 0 Å².